The molecule has 1 heterocycles. The lowest BCUT2D eigenvalue weighted by molar-refractivity contribution is -0.119. The van der Waals surface area contributed by atoms with Crippen LogP contribution < -0.4 is 5.32 Å². The maximum atomic E-state index is 12.2. The molecule has 0 aliphatic heterocycles. The highest BCUT2D eigenvalue weighted by Crippen LogP contribution is 2.33. The summed E-state index contributed by atoms with van der Waals surface area (Å²) in [4.78, 5) is 29.8. The van der Waals surface area contributed by atoms with Gasteiger partial charge in [0.15, 0.2) is 6.61 Å². The first-order chi connectivity index (χ1) is 13.1. The zero-order valence-electron chi connectivity index (χ0n) is 14.1. The Morgan fingerprint density at radius 1 is 1.00 bits per heavy atom. The van der Waals surface area contributed by atoms with Crippen LogP contribution in [0.25, 0.3) is 0 Å². The van der Waals surface area contributed by atoms with Gasteiger partial charge in [-0.2, -0.15) is 0 Å². The van der Waals surface area contributed by atoms with Crippen LogP contribution in [0.2, 0.25) is 5.02 Å². The Balaban J connectivity index is 1.61. The molecule has 0 radical (unpaired) electrons. The summed E-state index contributed by atoms with van der Waals surface area (Å²) in [6.45, 7) is -0.374. The van der Waals surface area contributed by atoms with Gasteiger partial charge in [-0.25, -0.2) is 4.79 Å². The molecule has 1 N–H and O–H groups in total. The van der Waals surface area contributed by atoms with Crippen molar-refractivity contribution in [2.24, 2.45) is 0 Å². The molecule has 0 unspecified atom stereocenters. The molecule has 0 aliphatic rings. The van der Waals surface area contributed by atoms with Crippen molar-refractivity contribution in [3.8, 4) is 0 Å². The average Bonchev–Trinajstić information content (AvgIpc) is 2.70. The van der Waals surface area contributed by atoms with E-state index in [2.05, 4.69) is 10.3 Å². The second kappa shape index (κ2) is 9.21. The molecule has 27 heavy (non-hydrogen) atoms. The molecular formula is C20H15ClN2O3S. The molecule has 3 rings (SSSR count). The highest BCUT2D eigenvalue weighted by Gasteiger charge is 2.12. The number of anilines is 1. The van der Waals surface area contributed by atoms with E-state index >= 15 is 0 Å². The minimum atomic E-state index is -0.573. The summed E-state index contributed by atoms with van der Waals surface area (Å²) in [5.74, 6) is -0.988. The third-order valence-electron chi connectivity index (χ3n) is 3.45. The lowest BCUT2D eigenvalue weighted by Gasteiger charge is -2.11. The molecule has 0 aliphatic carbocycles. The summed E-state index contributed by atoms with van der Waals surface area (Å²) >= 11 is 7.41. The molecule has 2 aromatic carbocycles. The SMILES string of the molecule is O=C(COC(=O)c1ccncc1)Nc1ccccc1Sc1ccc(Cl)cc1. The first-order valence-corrected chi connectivity index (χ1v) is 9.21. The summed E-state index contributed by atoms with van der Waals surface area (Å²) in [6, 6.07) is 17.9. The van der Waals surface area contributed by atoms with Gasteiger partial charge in [0.2, 0.25) is 0 Å². The number of nitrogens with zero attached hydrogens (tertiary/aromatic N) is 1. The van der Waals surface area contributed by atoms with Gasteiger partial charge in [-0.05, 0) is 48.5 Å². The van der Waals surface area contributed by atoms with Gasteiger partial charge in [-0.3, -0.25) is 9.78 Å². The van der Waals surface area contributed by atoms with E-state index < -0.39 is 11.9 Å². The number of pyridine rings is 1. The quantitative estimate of drug-likeness (QED) is 0.610. The number of benzene rings is 2. The van der Waals surface area contributed by atoms with Crippen LogP contribution >= 0.6 is 23.4 Å². The van der Waals surface area contributed by atoms with Crippen LogP contribution in [0.4, 0.5) is 5.69 Å². The number of nitrogens with one attached hydrogen (secondary N) is 1. The predicted molar refractivity (Wildman–Crippen MR) is 105 cm³/mol. The Hall–Kier alpha value is -2.83. The fraction of sp³-hybridized carbons (Fsp3) is 0.0500. The van der Waals surface area contributed by atoms with E-state index in [0.717, 1.165) is 9.79 Å². The van der Waals surface area contributed by atoms with Crippen LogP contribution in [0.5, 0.6) is 0 Å². The number of amides is 1. The van der Waals surface area contributed by atoms with Gasteiger partial charge in [-0.15, -0.1) is 0 Å². The van der Waals surface area contributed by atoms with E-state index in [1.807, 2.05) is 42.5 Å². The summed E-state index contributed by atoms with van der Waals surface area (Å²) in [6.07, 6.45) is 2.97. The number of rotatable bonds is 6. The van der Waals surface area contributed by atoms with Crippen LogP contribution in [0, 0.1) is 0 Å². The Morgan fingerprint density at radius 2 is 1.70 bits per heavy atom. The first kappa shape index (κ1) is 18.9. The topological polar surface area (TPSA) is 68.3 Å². The van der Waals surface area contributed by atoms with Crippen molar-refractivity contribution in [1.82, 2.24) is 4.98 Å². The standard InChI is InChI=1S/C20H15ClN2O3S/c21-15-5-7-16(8-6-15)27-18-4-2-1-3-17(18)23-19(24)13-26-20(25)14-9-11-22-12-10-14/h1-12H,13H2,(H,23,24). The molecule has 0 bridgehead atoms. The fourth-order valence-electron chi connectivity index (χ4n) is 2.18. The Labute approximate surface area is 165 Å². The fourth-order valence-corrected chi connectivity index (χ4v) is 3.20. The van der Waals surface area contributed by atoms with E-state index in [9.17, 15) is 9.59 Å². The summed E-state index contributed by atoms with van der Waals surface area (Å²) in [5, 5.41) is 3.44. The van der Waals surface area contributed by atoms with Crippen LogP contribution in [-0.4, -0.2) is 23.5 Å². The molecule has 7 heteroatoms. The van der Waals surface area contributed by atoms with E-state index in [1.54, 1.807) is 6.07 Å². The van der Waals surface area contributed by atoms with Gasteiger partial charge < -0.3 is 10.1 Å². The van der Waals surface area contributed by atoms with Crippen LogP contribution in [0.3, 0.4) is 0 Å². The number of carbonyl (C=O) groups is 2. The Morgan fingerprint density at radius 3 is 2.44 bits per heavy atom. The summed E-state index contributed by atoms with van der Waals surface area (Å²) < 4.78 is 5.03. The molecule has 3 aromatic rings. The third kappa shape index (κ3) is 5.57. The van der Waals surface area contributed by atoms with E-state index in [1.165, 1.54) is 36.3 Å². The van der Waals surface area contributed by atoms with Gasteiger partial charge in [-0.1, -0.05) is 35.5 Å². The molecular weight excluding hydrogens is 384 g/mol. The minimum Gasteiger partial charge on any atom is -0.452 e. The number of para-hydroxylation sites is 1. The molecule has 136 valence electrons. The first-order valence-electron chi connectivity index (χ1n) is 8.01. The Bertz CT molecular complexity index is 933. The lowest BCUT2D eigenvalue weighted by atomic mass is 10.3. The highest BCUT2D eigenvalue weighted by molar-refractivity contribution is 7.99. The zero-order valence-corrected chi connectivity index (χ0v) is 15.7. The lowest BCUT2D eigenvalue weighted by Crippen LogP contribution is -2.21. The number of carbonyl (C=O) groups excluding carboxylic acids is 2. The molecule has 0 fully saturated rings. The maximum Gasteiger partial charge on any atom is 0.338 e. The van der Waals surface area contributed by atoms with E-state index in [4.69, 9.17) is 16.3 Å². The number of aromatic nitrogens is 1. The molecule has 0 saturated heterocycles. The van der Waals surface area contributed by atoms with Crippen molar-refractivity contribution in [2.45, 2.75) is 9.79 Å². The van der Waals surface area contributed by atoms with Crippen molar-refractivity contribution < 1.29 is 14.3 Å². The van der Waals surface area contributed by atoms with Crippen molar-refractivity contribution in [3.05, 3.63) is 83.6 Å². The molecule has 0 atom stereocenters. The average molecular weight is 399 g/mol. The van der Waals surface area contributed by atoms with Crippen molar-refractivity contribution in [3.63, 3.8) is 0 Å². The van der Waals surface area contributed by atoms with Crippen LogP contribution in [0.15, 0.2) is 82.8 Å². The molecule has 5 nitrogen and oxygen atoms in total. The van der Waals surface area contributed by atoms with Crippen molar-refractivity contribution in [1.29, 1.82) is 0 Å². The van der Waals surface area contributed by atoms with Gasteiger partial charge in [0, 0.05) is 27.2 Å². The monoisotopic (exact) mass is 398 g/mol. The normalized spacial score (nSPS) is 10.3. The molecule has 1 aromatic heterocycles. The van der Waals surface area contributed by atoms with Gasteiger partial charge in [0.25, 0.3) is 5.91 Å². The van der Waals surface area contributed by atoms with E-state index in [-0.39, 0.29) is 6.61 Å². The molecule has 0 saturated carbocycles. The summed E-state index contributed by atoms with van der Waals surface area (Å²) in [7, 11) is 0. The maximum absolute atomic E-state index is 12.2. The highest BCUT2D eigenvalue weighted by atomic mass is 35.5. The Kier molecular flexibility index (Phi) is 6.46. The second-order valence-electron chi connectivity index (χ2n) is 5.41. The third-order valence-corrected chi connectivity index (χ3v) is 4.79. The van der Waals surface area contributed by atoms with Crippen molar-refractivity contribution in [2.75, 3.05) is 11.9 Å². The largest absolute Gasteiger partial charge is 0.452 e. The van der Waals surface area contributed by atoms with Crippen LogP contribution in [0.1, 0.15) is 10.4 Å². The number of esters is 1. The van der Waals surface area contributed by atoms with Gasteiger partial charge >= 0.3 is 5.97 Å². The minimum absolute atomic E-state index is 0.344. The van der Waals surface area contributed by atoms with E-state index in [0.29, 0.717) is 16.3 Å². The molecule has 1 amide bonds. The smallest absolute Gasteiger partial charge is 0.338 e. The van der Waals surface area contributed by atoms with Crippen LogP contribution in [-0.2, 0) is 9.53 Å². The van der Waals surface area contributed by atoms with Crippen molar-refractivity contribution >= 4 is 40.9 Å². The van der Waals surface area contributed by atoms with Gasteiger partial charge in [0.1, 0.15) is 0 Å². The number of ether oxygens (including phenoxy) is 1. The van der Waals surface area contributed by atoms with Gasteiger partial charge in [0.05, 0.1) is 11.3 Å². The number of hydrogen-bond acceptors (Lipinski definition) is 5. The zero-order chi connectivity index (χ0) is 19.1. The predicted octanol–water partition coefficient (Wildman–Crippen LogP) is 4.68. The second-order valence-corrected chi connectivity index (χ2v) is 6.96. The number of halogens is 1. The summed E-state index contributed by atoms with van der Waals surface area (Å²) in [5.41, 5.74) is 0.985. The number of hydrogen-bond donors (Lipinski definition) is 1. The molecule has 0 spiro atoms.